The van der Waals surface area contributed by atoms with E-state index in [4.69, 9.17) is 33.2 Å². The van der Waals surface area contributed by atoms with Crippen LogP contribution in [0, 0.1) is 11.8 Å². The lowest BCUT2D eigenvalue weighted by molar-refractivity contribution is -0.128. The van der Waals surface area contributed by atoms with E-state index in [9.17, 15) is 28.8 Å². The highest BCUT2D eigenvalue weighted by Gasteiger charge is 2.46. The first kappa shape index (κ1) is 78.0. The summed E-state index contributed by atoms with van der Waals surface area (Å²) in [5.74, 6) is -1.02. The molecule has 1 fully saturated rings. The molecule has 1 aliphatic carbocycles. The van der Waals surface area contributed by atoms with E-state index in [0.29, 0.717) is 65.8 Å². The number of alkyl carbamates (subject to hydrolysis) is 1. The van der Waals surface area contributed by atoms with E-state index in [-0.39, 0.29) is 91.9 Å². The SMILES string of the molecule is COc1cc2c(cc1OCCCOc1cc3c(cc1OC)C(=O)N1C=C(c4ccc(CCC5CCN(C)CC5)cc4)C[C@H]1C(=O)N3COCC[Si](C)(C)C)N(COCC[Si](C)(C)C)C(=O)C1CC(c3ccc(NC(=O)C(C)NC(=O)[C@@H](NC(=O)OCC4c5ccccc5-c5ccccc54)C(C)C)cc3)=CN1C2=O. The molecule has 5 heterocycles. The van der Waals surface area contributed by atoms with E-state index in [1.165, 1.54) is 42.4 Å². The molecule has 12 rings (SSSR count). The predicted molar refractivity (Wildman–Crippen MR) is 424 cm³/mol. The van der Waals surface area contributed by atoms with Gasteiger partial charge in [-0.05, 0) is 151 Å². The zero-order valence-electron chi connectivity index (χ0n) is 64.4. The molecule has 0 saturated carbocycles. The van der Waals surface area contributed by atoms with Crippen molar-refractivity contribution in [3.8, 4) is 34.1 Å². The number of likely N-dealkylation sites (tertiary alicyclic amines) is 1. The number of amides is 7. The molecule has 24 heteroatoms. The number of piperidine rings is 1. The normalized spacial score (nSPS) is 17.9. The lowest BCUT2D eigenvalue weighted by atomic mass is 9.90. The Hall–Kier alpha value is -9.60. The van der Waals surface area contributed by atoms with Crippen LogP contribution in [0.3, 0.4) is 0 Å². The smallest absolute Gasteiger partial charge is 0.407 e. The Kier molecular flexibility index (Phi) is 24.5. The molecular weight excluding hydrogens is 1400 g/mol. The van der Waals surface area contributed by atoms with Gasteiger partial charge in [0.15, 0.2) is 23.0 Å². The quantitative estimate of drug-likeness (QED) is 0.0271. The number of rotatable bonds is 31. The molecule has 7 amide bonds. The van der Waals surface area contributed by atoms with Crippen molar-refractivity contribution in [2.75, 3.05) is 96.0 Å². The van der Waals surface area contributed by atoms with Crippen LogP contribution in [0.2, 0.25) is 51.4 Å². The van der Waals surface area contributed by atoms with E-state index in [2.05, 4.69) is 104 Å². The minimum atomic E-state index is -1.55. The van der Waals surface area contributed by atoms with Crippen LogP contribution in [-0.4, -0.2) is 177 Å². The van der Waals surface area contributed by atoms with E-state index < -0.39 is 64.1 Å². The fraction of sp³-hybridized carbons (Fsp3) is 0.440. The Balaban J connectivity index is 0.690. The van der Waals surface area contributed by atoms with E-state index >= 15 is 4.79 Å². The molecule has 4 atom stereocenters. The largest absolute Gasteiger partial charge is 0.493 e. The van der Waals surface area contributed by atoms with Gasteiger partial charge in [0.2, 0.25) is 11.8 Å². The Bertz CT molecular complexity index is 4350. The Morgan fingerprint density at radius 2 is 1.05 bits per heavy atom. The summed E-state index contributed by atoms with van der Waals surface area (Å²) in [6.07, 6.45) is 8.27. The summed E-state index contributed by atoms with van der Waals surface area (Å²) in [5, 5.41) is 8.34. The van der Waals surface area contributed by atoms with Crippen LogP contribution in [0.5, 0.6) is 23.0 Å². The highest BCUT2D eigenvalue weighted by molar-refractivity contribution is 6.76. The predicted octanol–water partition coefficient (Wildman–Crippen LogP) is 13.7. The molecule has 6 aromatic rings. The highest BCUT2D eigenvalue weighted by atomic mass is 28.3. The summed E-state index contributed by atoms with van der Waals surface area (Å²) in [6.45, 7) is 22.0. The molecule has 572 valence electrons. The molecule has 108 heavy (non-hydrogen) atoms. The topological polar surface area (TPSA) is 236 Å². The zero-order chi connectivity index (χ0) is 76.7. The zero-order valence-corrected chi connectivity index (χ0v) is 66.4. The van der Waals surface area contributed by atoms with Crippen molar-refractivity contribution >= 4 is 85.9 Å². The van der Waals surface area contributed by atoms with Crippen molar-refractivity contribution in [2.45, 2.75) is 147 Å². The number of methoxy groups -OCH3 is 2. The minimum Gasteiger partial charge on any atom is -0.493 e. The summed E-state index contributed by atoms with van der Waals surface area (Å²) < 4.78 is 43.0. The summed E-state index contributed by atoms with van der Waals surface area (Å²) in [5.41, 5.74) is 10.5. The van der Waals surface area contributed by atoms with Crippen LogP contribution < -0.4 is 44.7 Å². The van der Waals surface area contributed by atoms with Crippen molar-refractivity contribution in [1.82, 2.24) is 25.3 Å². The second-order valence-electron chi connectivity index (χ2n) is 32.0. The average Bonchev–Trinajstić information content (AvgIpc) is 1.61. The van der Waals surface area contributed by atoms with Gasteiger partial charge in [0.1, 0.15) is 44.2 Å². The fourth-order valence-corrected chi connectivity index (χ4v) is 16.3. The first-order valence-electron chi connectivity index (χ1n) is 37.9. The molecule has 6 aliphatic rings. The number of fused-ring (bicyclic) bond motifs is 7. The maximum Gasteiger partial charge on any atom is 0.407 e. The molecule has 2 unspecified atom stereocenters. The summed E-state index contributed by atoms with van der Waals surface area (Å²) in [6, 6.07) is 36.2. The molecule has 5 aliphatic heterocycles. The number of ether oxygens (including phenoxy) is 7. The third-order valence-electron chi connectivity index (χ3n) is 21.3. The van der Waals surface area contributed by atoms with Gasteiger partial charge in [-0.2, -0.15) is 0 Å². The number of hydrogen-bond acceptors (Lipinski definition) is 15. The van der Waals surface area contributed by atoms with Gasteiger partial charge in [-0.3, -0.25) is 38.6 Å². The first-order valence-corrected chi connectivity index (χ1v) is 45.3. The number of anilines is 3. The van der Waals surface area contributed by atoms with E-state index in [1.54, 1.807) is 85.3 Å². The third kappa shape index (κ3) is 18.1. The molecule has 0 bridgehead atoms. The monoisotopic (exact) mass is 1500 g/mol. The van der Waals surface area contributed by atoms with Crippen LogP contribution >= 0.6 is 0 Å². The Morgan fingerprint density at radius 3 is 1.52 bits per heavy atom. The molecule has 0 aromatic heterocycles. The molecule has 0 spiro atoms. The third-order valence-corrected chi connectivity index (χ3v) is 24.8. The molecule has 1 saturated heterocycles. The van der Waals surface area contributed by atoms with Crippen molar-refractivity contribution in [2.24, 2.45) is 11.8 Å². The van der Waals surface area contributed by atoms with Crippen molar-refractivity contribution < 1.29 is 66.7 Å². The number of carbonyl (C=O) groups excluding carboxylic acids is 7. The molecule has 0 radical (unpaired) electrons. The van der Waals surface area contributed by atoms with Crippen LogP contribution in [-0.2, 0) is 39.8 Å². The fourth-order valence-electron chi connectivity index (χ4n) is 14.8. The van der Waals surface area contributed by atoms with Gasteiger partial charge in [-0.15, -0.1) is 0 Å². The number of carbonyl (C=O) groups is 7. The number of hydrogen-bond donors (Lipinski definition) is 3. The first-order chi connectivity index (χ1) is 51.7. The van der Waals surface area contributed by atoms with Gasteiger partial charge < -0.3 is 63.8 Å². The van der Waals surface area contributed by atoms with Gasteiger partial charge in [-0.1, -0.05) is 138 Å². The van der Waals surface area contributed by atoms with Gasteiger partial charge >= 0.3 is 6.09 Å². The lowest BCUT2D eigenvalue weighted by Gasteiger charge is -2.28. The van der Waals surface area contributed by atoms with Crippen molar-refractivity contribution in [1.29, 1.82) is 0 Å². The van der Waals surface area contributed by atoms with E-state index in [0.717, 1.165) is 77.3 Å². The van der Waals surface area contributed by atoms with Crippen LogP contribution in [0.1, 0.15) is 114 Å². The average molecular weight is 1510 g/mol. The van der Waals surface area contributed by atoms with Gasteiger partial charge in [-0.25, -0.2) is 4.79 Å². The van der Waals surface area contributed by atoms with Crippen LogP contribution in [0.15, 0.2) is 134 Å². The molecule has 6 aromatic carbocycles. The number of nitrogens with one attached hydrogen (secondary N) is 3. The maximum absolute atomic E-state index is 15.1. The Morgan fingerprint density at radius 1 is 0.565 bits per heavy atom. The van der Waals surface area contributed by atoms with Crippen LogP contribution in [0.4, 0.5) is 21.9 Å². The molecule has 22 nitrogen and oxygen atoms in total. The molecule has 3 N–H and O–H groups in total. The second-order valence-corrected chi connectivity index (χ2v) is 43.2. The van der Waals surface area contributed by atoms with Gasteiger partial charge in [0.25, 0.3) is 23.6 Å². The lowest BCUT2D eigenvalue weighted by Crippen LogP contribution is -2.53. The summed E-state index contributed by atoms with van der Waals surface area (Å²) in [4.78, 5) is 109. The highest BCUT2D eigenvalue weighted by Crippen LogP contribution is 2.47. The Labute approximate surface area is 636 Å². The minimum absolute atomic E-state index is 0.0599. The summed E-state index contributed by atoms with van der Waals surface area (Å²) in [7, 11) is 2.13. The standard InChI is InChI=1S/C84H104N8O14Si2/c1-53(2)77(87-84(99)106-50-68-64-20-15-13-18-62(64)63-19-14-16-21-65(63)68)79(94)85-54(3)78(93)86-61-30-28-58(29-31-61)60-43-72-83(98)92(52-103-39-41-108(10,11)12)70-47-76(74(101-6)45-67(70)81(96)90(72)49-60)105-37-17-36-104-75-46-69-66(44-73(75)100-5)80(95)89-48-59(42-71(89)82(97)91(69)51-102-38-40-107(7,8)9)57-26-24-55(25-27-57)22-23-56-32-34-88(4)35-33-56/h13-16,18-21,24-31,44-49,53-54,56,68,71-72,77H,17,22-23,32-43,50-52H2,1-12H3,(H,85,94)(H,86,93)(H,87,99)/t54?,71-,72?,77-/m0/s1. The summed E-state index contributed by atoms with van der Waals surface area (Å²) >= 11 is 0. The maximum atomic E-state index is 15.1. The van der Waals surface area contributed by atoms with E-state index in [1.807, 2.05) is 42.6 Å². The van der Waals surface area contributed by atoms with Gasteiger partial charge in [0.05, 0.1) is 49.9 Å². The molecular formula is C84H104N8O14Si2. The van der Waals surface area contributed by atoms with Crippen molar-refractivity contribution in [3.63, 3.8) is 0 Å². The van der Waals surface area contributed by atoms with Crippen molar-refractivity contribution in [3.05, 3.63) is 173 Å². The van der Waals surface area contributed by atoms with Gasteiger partial charge in [0, 0.05) is 84.8 Å². The number of benzene rings is 6. The number of aryl methyl sites for hydroxylation is 1. The second kappa shape index (κ2) is 33.9. The number of nitrogens with zero attached hydrogens (tertiary/aromatic N) is 5. The van der Waals surface area contributed by atoms with Crippen LogP contribution in [0.25, 0.3) is 22.3 Å².